The van der Waals surface area contributed by atoms with E-state index < -0.39 is 6.61 Å². The lowest BCUT2D eigenvalue weighted by Crippen LogP contribution is -2.02. The number of hydrogen-bond acceptors (Lipinski definition) is 2. The molecule has 2 aromatic rings. The quantitative estimate of drug-likeness (QED) is 0.744. The first-order valence-corrected chi connectivity index (χ1v) is 4.51. The minimum absolute atomic E-state index is 0.329. The number of benzene rings is 1. The van der Waals surface area contributed by atoms with Crippen molar-refractivity contribution >= 4 is 28.3 Å². The van der Waals surface area contributed by atoms with E-state index >= 15 is 0 Å². The topological polar surface area (TPSA) is 53.1 Å². The van der Waals surface area contributed by atoms with Gasteiger partial charge in [0.1, 0.15) is 6.61 Å². The van der Waals surface area contributed by atoms with E-state index in [0.717, 1.165) is 5.52 Å². The maximum atomic E-state index is 11.3. The van der Waals surface area contributed by atoms with Crippen molar-refractivity contribution in [1.29, 1.82) is 0 Å². The van der Waals surface area contributed by atoms with Crippen LogP contribution in [0.3, 0.4) is 0 Å². The van der Waals surface area contributed by atoms with Crippen LogP contribution in [0.4, 0.5) is 0 Å². The second-order valence-electron chi connectivity index (χ2n) is 2.95. The number of aromatic amines is 1. The maximum Gasteiger partial charge on any atom is 0.190 e. The summed E-state index contributed by atoms with van der Waals surface area (Å²) in [5.41, 5.74) is 1.24. The molecular formula is C10H8ClNO2. The van der Waals surface area contributed by atoms with Crippen LogP contribution in [-0.2, 0) is 0 Å². The van der Waals surface area contributed by atoms with Crippen LogP contribution in [0.5, 0.6) is 0 Å². The molecule has 0 aliphatic rings. The number of aromatic nitrogens is 1. The van der Waals surface area contributed by atoms with Gasteiger partial charge in [-0.2, -0.15) is 0 Å². The lowest BCUT2D eigenvalue weighted by Gasteiger charge is -1.96. The Morgan fingerprint density at radius 1 is 1.50 bits per heavy atom. The summed E-state index contributed by atoms with van der Waals surface area (Å²) in [5.74, 6) is -0.329. The normalized spacial score (nSPS) is 10.7. The number of aliphatic hydroxyl groups excluding tert-OH is 1. The molecule has 0 unspecified atom stereocenters. The molecule has 1 aromatic carbocycles. The summed E-state index contributed by atoms with van der Waals surface area (Å²) >= 11 is 5.95. The number of ketones is 1. The number of hydrogen-bond donors (Lipinski definition) is 2. The van der Waals surface area contributed by atoms with E-state index in [1.165, 1.54) is 0 Å². The summed E-state index contributed by atoms with van der Waals surface area (Å²) < 4.78 is 0. The largest absolute Gasteiger partial charge is 0.388 e. The summed E-state index contributed by atoms with van der Waals surface area (Å²) in [7, 11) is 0. The number of nitrogens with one attached hydrogen (secondary N) is 1. The fourth-order valence-electron chi connectivity index (χ4n) is 1.45. The number of carbonyl (C=O) groups excluding carboxylic acids is 1. The predicted molar refractivity (Wildman–Crippen MR) is 54.7 cm³/mol. The molecule has 2 N–H and O–H groups in total. The number of H-pyrrole nitrogens is 1. The Labute approximate surface area is 85.3 Å². The molecule has 1 heterocycles. The van der Waals surface area contributed by atoms with Gasteiger partial charge in [0, 0.05) is 22.7 Å². The lowest BCUT2D eigenvalue weighted by atomic mass is 10.1. The summed E-state index contributed by atoms with van der Waals surface area (Å²) in [4.78, 5) is 14.2. The van der Waals surface area contributed by atoms with Gasteiger partial charge in [-0.15, -0.1) is 0 Å². The zero-order chi connectivity index (χ0) is 10.1. The Morgan fingerprint density at radius 2 is 2.29 bits per heavy atom. The van der Waals surface area contributed by atoms with E-state index in [4.69, 9.17) is 16.7 Å². The number of fused-ring (bicyclic) bond motifs is 1. The smallest absolute Gasteiger partial charge is 0.190 e. The Bertz CT molecular complexity index is 490. The van der Waals surface area contributed by atoms with E-state index in [2.05, 4.69) is 4.98 Å². The molecule has 0 saturated carbocycles. The van der Waals surface area contributed by atoms with Crippen LogP contribution in [0.25, 0.3) is 10.9 Å². The highest BCUT2D eigenvalue weighted by Gasteiger charge is 2.12. The number of aliphatic hydroxyl groups is 1. The molecule has 1 aromatic heterocycles. The van der Waals surface area contributed by atoms with Crippen molar-refractivity contribution in [1.82, 2.24) is 4.98 Å². The van der Waals surface area contributed by atoms with Crippen LogP contribution in [0, 0.1) is 0 Å². The van der Waals surface area contributed by atoms with Gasteiger partial charge < -0.3 is 10.1 Å². The molecule has 3 nitrogen and oxygen atoms in total. The first-order valence-electron chi connectivity index (χ1n) is 4.13. The number of Topliss-reactive ketones (excluding diaryl/α,β-unsaturated/α-hetero) is 1. The van der Waals surface area contributed by atoms with Crippen LogP contribution in [0.1, 0.15) is 10.4 Å². The highest BCUT2D eigenvalue weighted by Crippen LogP contribution is 2.26. The first kappa shape index (κ1) is 9.24. The summed E-state index contributed by atoms with van der Waals surface area (Å²) in [6.07, 6.45) is 1.56. The number of carbonyl (C=O) groups is 1. The van der Waals surface area contributed by atoms with Crippen molar-refractivity contribution in [2.24, 2.45) is 0 Å². The summed E-state index contributed by atoms with van der Waals surface area (Å²) in [6.45, 7) is -0.502. The first-order chi connectivity index (χ1) is 6.74. The molecule has 14 heavy (non-hydrogen) atoms. The fraction of sp³-hybridized carbons (Fsp3) is 0.100. The van der Waals surface area contributed by atoms with Gasteiger partial charge in [-0.25, -0.2) is 0 Å². The maximum absolute atomic E-state index is 11.3. The van der Waals surface area contributed by atoms with Crippen molar-refractivity contribution in [2.75, 3.05) is 6.61 Å². The SMILES string of the molecule is O=C(CO)c1c[nH]c2cccc(Cl)c12. The fourth-order valence-corrected chi connectivity index (χ4v) is 1.72. The third-order valence-corrected chi connectivity index (χ3v) is 2.41. The zero-order valence-electron chi connectivity index (χ0n) is 7.25. The molecule has 0 spiro atoms. The zero-order valence-corrected chi connectivity index (χ0v) is 8.01. The van der Waals surface area contributed by atoms with Crippen molar-refractivity contribution in [3.63, 3.8) is 0 Å². The molecule has 0 radical (unpaired) electrons. The molecule has 0 aliphatic carbocycles. The summed E-state index contributed by atoms with van der Waals surface area (Å²) in [5, 5.41) is 9.94. The molecule has 0 bridgehead atoms. The average molecular weight is 210 g/mol. The summed E-state index contributed by atoms with van der Waals surface area (Å²) in [6, 6.07) is 5.34. The lowest BCUT2D eigenvalue weighted by molar-refractivity contribution is 0.0905. The Hall–Kier alpha value is -1.32. The second kappa shape index (κ2) is 3.44. The van der Waals surface area contributed by atoms with Crippen molar-refractivity contribution in [2.45, 2.75) is 0 Å². The van der Waals surface area contributed by atoms with E-state index in [9.17, 15) is 4.79 Å². The van der Waals surface area contributed by atoms with Gasteiger partial charge >= 0.3 is 0 Å². The number of halogens is 1. The van der Waals surface area contributed by atoms with E-state index in [-0.39, 0.29) is 5.78 Å². The minimum Gasteiger partial charge on any atom is -0.388 e. The van der Waals surface area contributed by atoms with Crippen molar-refractivity contribution in [3.8, 4) is 0 Å². The Balaban J connectivity index is 2.73. The van der Waals surface area contributed by atoms with Crippen molar-refractivity contribution in [3.05, 3.63) is 35.0 Å². The molecule has 0 aliphatic heterocycles. The van der Waals surface area contributed by atoms with Gasteiger partial charge in [0.15, 0.2) is 5.78 Å². The average Bonchev–Trinajstić information content (AvgIpc) is 2.62. The molecular weight excluding hydrogens is 202 g/mol. The monoisotopic (exact) mass is 209 g/mol. The van der Waals surface area contributed by atoms with Gasteiger partial charge in [0.05, 0.1) is 5.02 Å². The highest BCUT2D eigenvalue weighted by molar-refractivity contribution is 6.36. The van der Waals surface area contributed by atoms with Crippen LogP contribution in [0.2, 0.25) is 5.02 Å². The highest BCUT2D eigenvalue weighted by atomic mass is 35.5. The third-order valence-electron chi connectivity index (χ3n) is 2.10. The van der Waals surface area contributed by atoms with E-state index in [1.807, 2.05) is 6.07 Å². The molecule has 72 valence electrons. The van der Waals surface area contributed by atoms with Gasteiger partial charge in [-0.1, -0.05) is 17.7 Å². The third kappa shape index (κ3) is 1.31. The van der Waals surface area contributed by atoms with Gasteiger partial charge in [-0.05, 0) is 12.1 Å². The van der Waals surface area contributed by atoms with Gasteiger partial charge in [0.2, 0.25) is 0 Å². The Kier molecular flexibility index (Phi) is 2.27. The van der Waals surface area contributed by atoms with Crippen LogP contribution in [0.15, 0.2) is 24.4 Å². The van der Waals surface area contributed by atoms with Crippen LogP contribution in [-0.4, -0.2) is 22.5 Å². The second-order valence-corrected chi connectivity index (χ2v) is 3.35. The predicted octanol–water partition coefficient (Wildman–Crippen LogP) is 2.00. The molecule has 0 fully saturated rings. The van der Waals surface area contributed by atoms with Crippen LogP contribution < -0.4 is 0 Å². The number of rotatable bonds is 2. The van der Waals surface area contributed by atoms with E-state index in [1.54, 1.807) is 18.3 Å². The Morgan fingerprint density at radius 3 is 3.00 bits per heavy atom. The van der Waals surface area contributed by atoms with Crippen molar-refractivity contribution < 1.29 is 9.90 Å². The molecule has 0 saturated heterocycles. The molecule has 4 heteroatoms. The standard InChI is InChI=1S/C10H8ClNO2/c11-7-2-1-3-8-10(7)6(4-12-8)9(14)5-13/h1-4,12-13H,5H2. The van der Waals surface area contributed by atoms with Crippen LogP contribution >= 0.6 is 11.6 Å². The molecule has 0 atom stereocenters. The minimum atomic E-state index is -0.502. The van der Waals surface area contributed by atoms with E-state index in [0.29, 0.717) is 16.0 Å². The molecule has 2 rings (SSSR count). The van der Waals surface area contributed by atoms with Gasteiger partial charge in [0.25, 0.3) is 0 Å². The van der Waals surface area contributed by atoms with Gasteiger partial charge in [-0.3, -0.25) is 4.79 Å². The molecule has 0 amide bonds.